The molecule has 5 rings (SSSR count). The lowest BCUT2D eigenvalue weighted by molar-refractivity contribution is -0.193. The third-order valence-electron chi connectivity index (χ3n) is 8.59. The Morgan fingerprint density at radius 1 is 0.606 bits per heavy atom. The van der Waals surface area contributed by atoms with E-state index in [1.165, 1.54) is 36.5 Å². The summed E-state index contributed by atoms with van der Waals surface area (Å²) in [6.07, 6.45) is -16.5. The molecular weight excluding hydrogens is 927 g/mol. The quantitative estimate of drug-likeness (QED) is 0.120. The molecule has 0 saturated carbocycles. The third kappa shape index (κ3) is 23.3. The largest absolute Gasteiger partial charge is 0.490 e. The van der Waals surface area contributed by atoms with Crippen molar-refractivity contribution in [1.82, 2.24) is 20.4 Å². The average Bonchev–Trinajstić information content (AvgIpc) is 3.20. The van der Waals surface area contributed by atoms with Gasteiger partial charge in [0.2, 0.25) is 0 Å². The molecule has 1 amide bonds. The zero-order chi connectivity index (χ0) is 50.6. The number of piperidine rings is 1. The van der Waals surface area contributed by atoms with Crippen molar-refractivity contribution >= 4 is 29.8 Å². The number of piperazine rings is 1. The minimum absolute atomic E-state index is 0.108. The molecule has 2 heterocycles. The second-order valence-electron chi connectivity index (χ2n) is 14.0. The van der Waals surface area contributed by atoms with E-state index in [0.29, 0.717) is 23.7 Å². The first-order valence-corrected chi connectivity index (χ1v) is 18.9. The summed E-state index contributed by atoms with van der Waals surface area (Å²) in [5.74, 6) is -11.4. The standard InChI is InChI=1S/C32H39FN4O.4C2HF3O2/c1-24-21-37(16-13-34-24)23-26-7-5-9-28(17-26)30-19-25(11-12-31(30)33)20-35-32(38)29-10-6-8-27(18-29)22-36-14-3-2-4-15-36;4*3-2(4,5)1(6)7/h5-12,17-19,24,34H,2-4,13-16,20-23H2,1H3,(H,35,38);4*(H,6,7)/t24-;;;;/m0..../s1. The number of carboxylic acid groups (broad SMARTS) is 4. The summed E-state index contributed by atoms with van der Waals surface area (Å²) in [6.45, 7) is 9.56. The first-order valence-electron chi connectivity index (χ1n) is 18.9. The van der Waals surface area contributed by atoms with Gasteiger partial charge in [0.05, 0.1) is 0 Å². The SMILES string of the molecule is C[C@H]1CN(Cc2cccc(-c3cc(CNC(=O)c4cccc(CN5CCCCC5)c4)ccc3F)c2)CCN1.O=C(O)C(F)(F)F.O=C(O)C(F)(F)F.O=C(O)C(F)(F)F.O=C(O)C(F)(F)F. The van der Waals surface area contributed by atoms with E-state index in [1.54, 1.807) is 6.07 Å². The molecular formula is C40H43F13N4O9. The number of halogens is 13. The van der Waals surface area contributed by atoms with E-state index < -0.39 is 48.6 Å². The number of amides is 1. The number of likely N-dealkylation sites (tertiary alicyclic amines) is 1. The fourth-order valence-corrected chi connectivity index (χ4v) is 5.63. The van der Waals surface area contributed by atoms with E-state index in [-0.39, 0.29) is 11.7 Å². The topological polar surface area (TPSA) is 197 Å². The van der Waals surface area contributed by atoms with Gasteiger partial charge in [-0.25, -0.2) is 23.6 Å². The highest BCUT2D eigenvalue weighted by molar-refractivity contribution is 5.94. The van der Waals surface area contributed by atoms with Gasteiger partial charge < -0.3 is 31.1 Å². The molecule has 66 heavy (non-hydrogen) atoms. The van der Waals surface area contributed by atoms with Crippen molar-refractivity contribution in [2.45, 2.75) is 76.6 Å². The fraction of sp³-hybridized carbons (Fsp3) is 0.425. The molecule has 0 bridgehead atoms. The molecule has 1 atom stereocenters. The Hall–Kier alpha value is -6.02. The summed E-state index contributed by atoms with van der Waals surface area (Å²) in [5, 5.41) is 35.0. The van der Waals surface area contributed by atoms with Crippen LogP contribution in [0.15, 0.2) is 66.7 Å². The van der Waals surface area contributed by atoms with Crippen molar-refractivity contribution in [2.75, 3.05) is 32.7 Å². The Bertz CT molecular complexity index is 1960. The molecule has 3 aromatic carbocycles. The van der Waals surface area contributed by atoms with Crippen LogP contribution in [0.3, 0.4) is 0 Å². The Morgan fingerprint density at radius 2 is 1.06 bits per heavy atom. The molecule has 13 nitrogen and oxygen atoms in total. The average molecular weight is 971 g/mol. The molecule has 3 aromatic rings. The molecule has 0 spiro atoms. The number of nitrogens with zero attached hydrogens (tertiary/aromatic N) is 2. The molecule has 368 valence electrons. The minimum Gasteiger partial charge on any atom is -0.475 e. The van der Waals surface area contributed by atoms with E-state index in [2.05, 4.69) is 45.6 Å². The van der Waals surface area contributed by atoms with Gasteiger partial charge in [0.15, 0.2) is 0 Å². The van der Waals surface area contributed by atoms with Gasteiger partial charge in [-0.1, -0.05) is 42.8 Å². The molecule has 0 aromatic heterocycles. The first kappa shape index (κ1) is 58.0. The molecule has 6 N–H and O–H groups in total. The highest BCUT2D eigenvalue weighted by Gasteiger charge is 2.40. The van der Waals surface area contributed by atoms with E-state index >= 15 is 0 Å². The summed E-state index contributed by atoms with van der Waals surface area (Å²) >= 11 is 0. The van der Waals surface area contributed by atoms with Crippen molar-refractivity contribution < 1.29 is 101 Å². The summed E-state index contributed by atoms with van der Waals surface area (Å²) < 4.78 is 142. The van der Waals surface area contributed by atoms with Crippen molar-refractivity contribution in [3.63, 3.8) is 0 Å². The van der Waals surface area contributed by atoms with E-state index in [4.69, 9.17) is 39.6 Å². The third-order valence-corrected chi connectivity index (χ3v) is 8.59. The summed E-state index contributed by atoms with van der Waals surface area (Å²) in [7, 11) is 0. The zero-order valence-corrected chi connectivity index (χ0v) is 34.3. The van der Waals surface area contributed by atoms with Gasteiger partial charge in [0.25, 0.3) is 5.91 Å². The Labute approximate surface area is 366 Å². The number of alkyl halides is 12. The van der Waals surface area contributed by atoms with Crippen LogP contribution in [-0.4, -0.2) is 123 Å². The number of carboxylic acids is 4. The van der Waals surface area contributed by atoms with E-state index in [1.807, 2.05) is 36.4 Å². The van der Waals surface area contributed by atoms with Crippen molar-refractivity contribution in [3.05, 3.63) is 94.8 Å². The Morgan fingerprint density at radius 3 is 1.53 bits per heavy atom. The van der Waals surface area contributed by atoms with E-state index in [9.17, 15) is 61.9 Å². The van der Waals surface area contributed by atoms with Crippen LogP contribution in [0.4, 0.5) is 57.1 Å². The minimum atomic E-state index is -5.08. The molecule has 0 unspecified atom stereocenters. The number of aliphatic carboxylic acids is 4. The van der Waals surface area contributed by atoms with Gasteiger partial charge in [-0.05, 0) is 85.4 Å². The van der Waals surface area contributed by atoms with Gasteiger partial charge in [-0.15, -0.1) is 0 Å². The number of carbonyl (C=O) groups is 5. The van der Waals surface area contributed by atoms with Crippen LogP contribution in [0.2, 0.25) is 0 Å². The summed E-state index contributed by atoms with van der Waals surface area (Å²) in [5.41, 5.74) is 5.31. The predicted octanol–water partition coefficient (Wildman–Crippen LogP) is 7.74. The van der Waals surface area contributed by atoms with Crippen LogP contribution in [0, 0.1) is 5.82 Å². The molecule has 2 saturated heterocycles. The van der Waals surface area contributed by atoms with Crippen molar-refractivity contribution in [1.29, 1.82) is 0 Å². The molecule has 2 aliphatic rings. The lowest BCUT2D eigenvalue weighted by Crippen LogP contribution is -2.48. The zero-order valence-electron chi connectivity index (χ0n) is 34.3. The van der Waals surface area contributed by atoms with Gasteiger partial charge in [-0.3, -0.25) is 14.6 Å². The molecule has 0 aliphatic carbocycles. The summed E-state index contributed by atoms with van der Waals surface area (Å²) in [6, 6.07) is 21.6. The maximum Gasteiger partial charge on any atom is 0.490 e. The van der Waals surface area contributed by atoms with Crippen molar-refractivity contribution in [2.24, 2.45) is 0 Å². The number of rotatable bonds is 8. The lowest BCUT2D eigenvalue weighted by Gasteiger charge is -2.31. The number of hydrogen-bond acceptors (Lipinski definition) is 8. The number of nitrogens with one attached hydrogen (secondary N) is 2. The number of benzene rings is 3. The molecule has 2 fully saturated rings. The molecule has 26 heteroatoms. The molecule has 0 radical (unpaired) electrons. The summed E-state index contributed by atoms with van der Waals surface area (Å²) in [4.78, 5) is 53.4. The maximum atomic E-state index is 14.9. The van der Waals surface area contributed by atoms with Crippen LogP contribution in [0.5, 0.6) is 0 Å². The number of hydrogen-bond donors (Lipinski definition) is 6. The number of carbonyl (C=O) groups excluding carboxylic acids is 1. The Kier molecular flexibility index (Phi) is 23.0. The normalized spacial score (nSPS) is 15.6. The smallest absolute Gasteiger partial charge is 0.475 e. The van der Waals surface area contributed by atoms with Crippen LogP contribution in [0.25, 0.3) is 11.1 Å². The highest BCUT2D eigenvalue weighted by Crippen LogP contribution is 2.26. The van der Waals surface area contributed by atoms with Crippen LogP contribution in [-0.2, 0) is 38.8 Å². The monoisotopic (exact) mass is 970 g/mol. The maximum absolute atomic E-state index is 14.9. The van der Waals surface area contributed by atoms with Gasteiger partial charge in [0, 0.05) is 56.4 Å². The lowest BCUT2D eigenvalue weighted by atomic mass is 10.00. The predicted molar refractivity (Wildman–Crippen MR) is 206 cm³/mol. The first-order chi connectivity index (χ1) is 30.3. The van der Waals surface area contributed by atoms with Gasteiger partial charge in [0.1, 0.15) is 5.82 Å². The van der Waals surface area contributed by atoms with Crippen LogP contribution < -0.4 is 10.6 Å². The van der Waals surface area contributed by atoms with Gasteiger partial charge >= 0.3 is 48.6 Å². The fourth-order valence-electron chi connectivity index (χ4n) is 5.63. The van der Waals surface area contributed by atoms with E-state index in [0.717, 1.165) is 56.9 Å². The highest BCUT2D eigenvalue weighted by atomic mass is 19.4. The van der Waals surface area contributed by atoms with Gasteiger partial charge in [-0.2, -0.15) is 52.7 Å². The van der Waals surface area contributed by atoms with Crippen molar-refractivity contribution in [3.8, 4) is 11.1 Å². The Balaban J connectivity index is 0.000000629. The van der Waals surface area contributed by atoms with Crippen LogP contribution in [0.1, 0.15) is 53.2 Å². The van der Waals surface area contributed by atoms with Crippen LogP contribution >= 0.6 is 0 Å². The molecule has 2 aliphatic heterocycles. The second kappa shape index (κ2) is 26.2. The second-order valence-corrected chi connectivity index (χ2v) is 14.0.